The highest BCUT2D eigenvalue weighted by Crippen LogP contribution is 2.53. The van der Waals surface area contributed by atoms with Crippen LogP contribution in [-0.4, -0.2) is 12.7 Å². The normalized spacial score (nSPS) is 15.9. The monoisotopic (exact) mass is 427 g/mol. The second-order valence-corrected chi connectivity index (χ2v) is 10.2. The van der Waals surface area contributed by atoms with Crippen LogP contribution in [0.5, 0.6) is 11.5 Å². The minimum atomic E-state index is -0.514. The van der Waals surface area contributed by atoms with E-state index in [0.717, 1.165) is 31.1 Å². The number of hydrogen-bond acceptors (Lipinski definition) is 6. The number of aryl methyl sites for hydroxylation is 1. The van der Waals surface area contributed by atoms with E-state index >= 15 is 0 Å². The molecule has 0 atom stereocenters. The Kier molecular flexibility index (Phi) is 3.91. The van der Waals surface area contributed by atoms with Gasteiger partial charge in [-0.15, -0.1) is 0 Å². The second kappa shape index (κ2) is 6.14. The average Bonchev–Trinajstić information content (AvgIpc) is 3.28. The van der Waals surface area contributed by atoms with Gasteiger partial charge in [-0.05, 0) is 44.5 Å². The van der Waals surface area contributed by atoms with Crippen molar-refractivity contribution in [3.8, 4) is 22.6 Å². The Labute approximate surface area is 175 Å². The molecule has 2 aromatic carbocycles. The lowest BCUT2D eigenvalue weighted by Crippen LogP contribution is -2.48. The van der Waals surface area contributed by atoms with Crippen molar-refractivity contribution in [3.63, 3.8) is 0 Å². The van der Waals surface area contributed by atoms with Gasteiger partial charge in [0.25, 0.3) is 5.91 Å². The quantitative estimate of drug-likeness (QED) is 0.345. The van der Waals surface area contributed by atoms with Crippen molar-refractivity contribution in [2.45, 2.75) is 26.3 Å². The van der Waals surface area contributed by atoms with Crippen LogP contribution in [0, 0.1) is 10.7 Å². The molecule has 2 aliphatic rings. The van der Waals surface area contributed by atoms with Crippen molar-refractivity contribution in [2.75, 3.05) is 11.7 Å². The summed E-state index contributed by atoms with van der Waals surface area (Å²) >= 11 is 5.64. The topological polar surface area (TPSA) is 38.8 Å². The SMILES string of the molecule is Cc1cccc2c1N(C(=O)c1ccc3c(c1)OCO3)C(C)(C)c1ssc(=S)c1-2. The fourth-order valence-corrected chi connectivity index (χ4v) is 7.23. The standard InChI is InChI=1S/C21H17NO3S3/c1-11-5-4-6-13-16-18(27-28-20(16)26)21(2,3)22(17(11)13)19(23)12-7-8-14-15(9-12)25-10-24-14/h4-9H,10H2,1-3H3. The molecule has 0 saturated heterocycles. The third kappa shape index (κ3) is 2.40. The van der Waals surface area contributed by atoms with Crippen LogP contribution >= 0.6 is 32.9 Å². The predicted molar refractivity (Wildman–Crippen MR) is 116 cm³/mol. The molecular formula is C21H17NO3S3. The Morgan fingerprint density at radius 2 is 1.93 bits per heavy atom. The van der Waals surface area contributed by atoms with Crippen molar-refractivity contribution < 1.29 is 14.3 Å². The number of anilines is 1. The van der Waals surface area contributed by atoms with Gasteiger partial charge in [-0.25, -0.2) is 0 Å². The summed E-state index contributed by atoms with van der Waals surface area (Å²) in [7, 11) is 3.26. The van der Waals surface area contributed by atoms with E-state index in [1.54, 1.807) is 38.9 Å². The molecule has 1 amide bonds. The van der Waals surface area contributed by atoms with Crippen molar-refractivity contribution in [3.05, 3.63) is 56.2 Å². The zero-order chi connectivity index (χ0) is 19.6. The molecule has 142 valence electrons. The van der Waals surface area contributed by atoms with Gasteiger partial charge < -0.3 is 9.47 Å². The number of carbonyl (C=O) groups is 1. The number of amides is 1. The molecule has 28 heavy (non-hydrogen) atoms. The average molecular weight is 428 g/mol. The molecule has 3 heterocycles. The highest BCUT2D eigenvalue weighted by atomic mass is 32.9. The van der Waals surface area contributed by atoms with E-state index in [2.05, 4.69) is 19.9 Å². The summed E-state index contributed by atoms with van der Waals surface area (Å²) in [6, 6.07) is 11.5. The van der Waals surface area contributed by atoms with Gasteiger partial charge in [0.2, 0.25) is 6.79 Å². The summed E-state index contributed by atoms with van der Waals surface area (Å²) in [6.07, 6.45) is 0. The Hall–Kier alpha value is -2.22. The minimum Gasteiger partial charge on any atom is -0.454 e. The highest BCUT2D eigenvalue weighted by Gasteiger charge is 2.44. The number of carbonyl (C=O) groups excluding carboxylic acids is 1. The maximum Gasteiger partial charge on any atom is 0.259 e. The summed E-state index contributed by atoms with van der Waals surface area (Å²) in [5.41, 5.74) is 4.18. The maximum atomic E-state index is 13.8. The van der Waals surface area contributed by atoms with Gasteiger partial charge in [0.1, 0.15) is 3.82 Å². The number of hydrogen-bond donors (Lipinski definition) is 0. The highest BCUT2D eigenvalue weighted by molar-refractivity contribution is 7.80. The Morgan fingerprint density at radius 1 is 1.14 bits per heavy atom. The van der Waals surface area contributed by atoms with Gasteiger partial charge in [-0.3, -0.25) is 9.69 Å². The van der Waals surface area contributed by atoms with Gasteiger partial charge in [0, 0.05) is 16.7 Å². The fourth-order valence-electron chi connectivity index (χ4n) is 3.95. The third-order valence-electron chi connectivity index (χ3n) is 5.30. The lowest BCUT2D eigenvalue weighted by molar-refractivity contribution is 0.0961. The van der Waals surface area contributed by atoms with Gasteiger partial charge in [-0.2, -0.15) is 0 Å². The second-order valence-electron chi connectivity index (χ2n) is 7.40. The van der Waals surface area contributed by atoms with E-state index in [4.69, 9.17) is 21.7 Å². The number of rotatable bonds is 1. The van der Waals surface area contributed by atoms with Crippen molar-refractivity contribution in [2.24, 2.45) is 0 Å². The van der Waals surface area contributed by atoms with E-state index < -0.39 is 5.54 Å². The maximum absolute atomic E-state index is 13.8. The number of para-hydroxylation sites is 1. The number of fused-ring (bicyclic) bond motifs is 4. The molecule has 2 aliphatic heterocycles. The van der Waals surface area contributed by atoms with Crippen LogP contribution in [0.3, 0.4) is 0 Å². The van der Waals surface area contributed by atoms with E-state index in [1.807, 2.05) is 24.0 Å². The van der Waals surface area contributed by atoms with Crippen molar-refractivity contribution in [1.82, 2.24) is 0 Å². The number of benzene rings is 2. The molecule has 0 aliphatic carbocycles. The van der Waals surface area contributed by atoms with Gasteiger partial charge in [0.05, 0.1) is 16.1 Å². The molecule has 0 N–H and O–H groups in total. The van der Waals surface area contributed by atoms with Crippen LogP contribution in [0.25, 0.3) is 11.1 Å². The molecule has 0 unspecified atom stereocenters. The Morgan fingerprint density at radius 3 is 2.75 bits per heavy atom. The smallest absolute Gasteiger partial charge is 0.259 e. The molecule has 0 saturated carbocycles. The first-order valence-corrected chi connectivity index (χ1v) is 11.4. The van der Waals surface area contributed by atoms with E-state index in [0.29, 0.717) is 17.1 Å². The molecule has 0 spiro atoms. The lowest BCUT2D eigenvalue weighted by atomic mass is 9.85. The van der Waals surface area contributed by atoms with Crippen LogP contribution in [0.1, 0.15) is 34.6 Å². The van der Waals surface area contributed by atoms with E-state index in [1.165, 1.54) is 0 Å². The predicted octanol–water partition coefficient (Wildman–Crippen LogP) is 6.14. The first-order chi connectivity index (χ1) is 13.4. The molecule has 0 bridgehead atoms. The summed E-state index contributed by atoms with van der Waals surface area (Å²) < 4.78 is 11.8. The molecule has 0 fully saturated rings. The fraction of sp³-hybridized carbons (Fsp3) is 0.238. The molecule has 1 aromatic heterocycles. The first kappa shape index (κ1) is 17.8. The molecule has 0 radical (unpaired) electrons. The van der Waals surface area contributed by atoms with Crippen molar-refractivity contribution >= 4 is 44.5 Å². The summed E-state index contributed by atoms with van der Waals surface area (Å²) in [4.78, 5) is 16.8. The van der Waals surface area contributed by atoms with Gasteiger partial charge in [-0.1, -0.05) is 51.1 Å². The Bertz CT molecular complexity index is 1190. The molecule has 5 rings (SSSR count). The third-order valence-corrected chi connectivity index (χ3v) is 8.63. The van der Waals surface area contributed by atoms with E-state index in [9.17, 15) is 4.79 Å². The number of nitrogens with zero attached hydrogens (tertiary/aromatic N) is 1. The van der Waals surface area contributed by atoms with Crippen LogP contribution in [-0.2, 0) is 5.54 Å². The Balaban J connectivity index is 1.73. The van der Waals surface area contributed by atoms with Crippen LogP contribution < -0.4 is 14.4 Å². The van der Waals surface area contributed by atoms with Crippen LogP contribution in [0.4, 0.5) is 5.69 Å². The molecule has 7 heteroatoms. The first-order valence-electron chi connectivity index (χ1n) is 8.87. The summed E-state index contributed by atoms with van der Waals surface area (Å²) in [6.45, 7) is 6.40. The van der Waals surface area contributed by atoms with Crippen LogP contribution in [0.2, 0.25) is 0 Å². The molecule has 3 aromatic rings. The zero-order valence-corrected chi connectivity index (χ0v) is 18.0. The zero-order valence-electron chi connectivity index (χ0n) is 15.6. The lowest BCUT2D eigenvalue weighted by Gasteiger charge is -2.43. The van der Waals surface area contributed by atoms with Gasteiger partial charge in [0.15, 0.2) is 11.5 Å². The van der Waals surface area contributed by atoms with Crippen molar-refractivity contribution in [1.29, 1.82) is 0 Å². The van der Waals surface area contributed by atoms with E-state index in [-0.39, 0.29) is 12.7 Å². The number of ether oxygens (including phenoxy) is 2. The summed E-state index contributed by atoms with van der Waals surface area (Å²) in [5.74, 6) is 1.22. The van der Waals surface area contributed by atoms with Gasteiger partial charge >= 0.3 is 0 Å². The summed E-state index contributed by atoms with van der Waals surface area (Å²) in [5, 5.41) is 0. The minimum absolute atomic E-state index is 0.0613. The molecular weight excluding hydrogens is 410 g/mol. The molecule has 4 nitrogen and oxygen atoms in total. The van der Waals surface area contributed by atoms with Crippen LogP contribution in [0.15, 0.2) is 36.4 Å². The largest absolute Gasteiger partial charge is 0.454 e.